The van der Waals surface area contributed by atoms with Crippen LogP contribution in [-0.2, 0) is 39.5 Å². The number of halogens is 2. The molecule has 0 unspecified atom stereocenters. The van der Waals surface area contributed by atoms with E-state index in [-0.39, 0.29) is 22.6 Å². The fourth-order valence-corrected chi connectivity index (χ4v) is 0. The third-order valence-corrected chi connectivity index (χ3v) is 0. The Labute approximate surface area is 83.3 Å². The molecule has 0 amide bonds. The van der Waals surface area contributed by atoms with E-state index in [4.69, 9.17) is 37.9 Å². The van der Waals surface area contributed by atoms with Crippen molar-refractivity contribution in [2.75, 3.05) is 0 Å². The summed E-state index contributed by atoms with van der Waals surface area (Å²) in [6.07, 6.45) is 0. The Bertz CT molecular complexity index is 115. The van der Waals surface area contributed by atoms with Gasteiger partial charge in [-0.1, -0.05) is 0 Å². The van der Waals surface area contributed by atoms with E-state index < -0.39 is 10.4 Å². The standard InChI is InChI=1S/2ClH.H3N.2Ni.H2O4S/c;;;;;1-5(2,3)4/h2*1H;1H3;;;(H2,1,2,3,4)/q;;;;+2;/p-3. The van der Waals surface area contributed by atoms with Crippen molar-refractivity contribution >= 4 is 30.8 Å². The van der Waals surface area contributed by atoms with Gasteiger partial charge in [0.25, 0.3) is 0 Å². The third kappa shape index (κ3) is 339. The molecule has 0 radical (unpaired) electrons. The van der Waals surface area contributed by atoms with Gasteiger partial charge in [0.1, 0.15) is 0 Å². The minimum Gasteiger partial charge on any atom is -0.369 e. The van der Waals surface area contributed by atoms with Crippen molar-refractivity contribution in [1.29, 1.82) is 0 Å². The van der Waals surface area contributed by atoms with Gasteiger partial charge in [-0.25, -0.2) is 0 Å². The van der Waals surface area contributed by atoms with Gasteiger partial charge in [0.05, 0.1) is 0 Å². The van der Waals surface area contributed by atoms with Crippen LogP contribution in [-0.4, -0.2) is 17.5 Å². The van der Waals surface area contributed by atoms with E-state index >= 15 is 0 Å². The quantitative estimate of drug-likeness (QED) is 0.396. The molecule has 74 valence electrons. The third-order valence-electron chi connectivity index (χ3n) is 0. The van der Waals surface area contributed by atoms with E-state index in [1.54, 1.807) is 0 Å². The van der Waals surface area contributed by atoms with Gasteiger partial charge in [-0.05, 0) is 0 Å². The first-order valence-electron chi connectivity index (χ1n) is 0.906. The molecule has 0 bridgehead atoms. The average molecular weight is 302 g/mol. The molecule has 0 aliphatic carbocycles. The van der Waals surface area contributed by atoms with Crippen LogP contribution >= 0.6 is 20.4 Å². The minimum absolute atomic E-state index is 0. The summed E-state index contributed by atoms with van der Waals surface area (Å²) in [5, 5.41) is 0. The molecule has 0 aliphatic heterocycles. The van der Waals surface area contributed by atoms with Crippen LogP contribution in [0.25, 0.3) is 0 Å². The topological polar surface area (TPSA) is 117 Å². The molecule has 0 fully saturated rings. The van der Waals surface area contributed by atoms with Gasteiger partial charge in [-0.15, -0.1) is 0 Å². The smallest absolute Gasteiger partial charge is 0 e. The summed E-state index contributed by atoms with van der Waals surface area (Å²) in [6.45, 7) is 0. The second-order valence-electron chi connectivity index (χ2n) is 0.453. The van der Waals surface area contributed by atoms with E-state index in [1.165, 1.54) is 0 Å². The molecule has 0 saturated heterocycles. The van der Waals surface area contributed by atoms with Crippen molar-refractivity contribution in [3.63, 3.8) is 0 Å². The molecular formula is H4Cl2NNi2O4S-. The van der Waals surface area contributed by atoms with Crippen molar-refractivity contribution in [3.05, 3.63) is 0 Å². The Hall–Kier alpha value is 1.40. The Morgan fingerprint density at radius 2 is 1.20 bits per heavy atom. The van der Waals surface area contributed by atoms with Crippen molar-refractivity contribution < 1.29 is 46.7 Å². The Balaban J connectivity index is -0.0000000326. The van der Waals surface area contributed by atoms with Gasteiger partial charge in [-0.3, -0.25) is 8.42 Å². The average Bonchev–Trinajstić information content (AvgIpc) is 1.27. The summed E-state index contributed by atoms with van der Waals surface area (Å²) in [7, 11) is 4.24. The van der Waals surface area contributed by atoms with Crippen LogP contribution in [0.3, 0.4) is 0 Å². The first-order chi connectivity index (χ1) is 3.41. The summed E-state index contributed by atoms with van der Waals surface area (Å²) in [5.41, 5.74) is 0. The second-order valence-corrected chi connectivity index (χ2v) is 2.90. The van der Waals surface area contributed by atoms with Crippen LogP contribution in [0.1, 0.15) is 0 Å². The van der Waals surface area contributed by atoms with Gasteiger partial charge in [-0.2, -0.15) is 0 Å². The predicted molar refractivity (Wildman–Crippen MR) is 28.2 cm³/mol. The maximum Gasteiger partial charge on any atom is 0 e. The Kier molecular flexibility index (Phi) is 29.3. The van der Waals surface area contributed by atoms with Crippen LogP contribution in [0.2, 0.25) is 0 Å². The summed E-state index contributed by atoms with van der Waals surface area (Å²) >= 11 is 0.569. The molecule has 0 aliphatic rings. The molecule has 0 aromatic heterocycles. The van der Waals surface area contributed by atoms with E-state index in [1.807, 2.05) is 0 Å². The first-order valence-corrected chi connectivity index (χ1v) is 4.96. The SMILES string of the molecule is O=S(=O)([O-])[O-].[Cl][Ni][Cl].[NH4+].[Ni]. The van der Waals surface area contributed by atoms with Crippen LogP contribution in [0.15, 0.2) is 0 Å². The van der Waals surface area contributed by atoms with Crippen molar-refractivity contribution in [3.8, 4) is 0 Å². The Morgan fingerprint density at radius 1 is 1.20 bits per heavy atom. The van der Waals surface area contributed by atoms with Crippen LogP contribution in [0, 0.1) is 0 Å². The van der Waals surface area contributed by atoms with Gasteiger partial charge < -0.3 is 15.3 Å². The number of hydrogen-bond acceptors (Lipinski definition) is 4. The summed E-state index contributed by atoms with van der Waals surface area (Å²) in [5.74, 6) is 0. The van der Waals surface area contributed by atoms with Crippen molar-refractivity contribution in [2.45, 2.75) is 0 Å². The zero-order chi connectivity index (χ0) is 7.21. The van der Waals surface area contributed by atoms with Crippen molar-refractivity contribution in [1.82, 2.24) is 6.15 Å². The summed E-state index contributed by atoms with van der Waals surface area (Å²) < 4.78 is 34.1. The summed E-state index contributed by atoms with van der Waals surface area (Å²) in [4.78, 5) is 0. The zero-order valence-corrected chi connectivity index (χ0v) is 8.73. The molecule has 0 aromatic carbocycles. The molecule has 0 rings (SSSR count). The molecule has 5 nitrogen and oxygen atoms in total. The number of hydrogen-bond donors (Lipinski definition) is 1. The maximum absolute atomic E-state index is 8.52. The number of rotatable bonds is 0. The molecule has 0 atom stereocenters. The molecule has 0 aromatic rings. The number of quaternary nitrogens is 1. The van der Waals surface area contributed by atoms with Crippen LogP contribution < -0.4 is 6.15 Å². The molecule has 0 spiro atoms. The fourth-order valence-electron chi connectivity index (χ4n) is 0. The molecule has 10 heteroatoms. The normalized spacial score (nSPS) is 8.00. The van der Waals surface area contributed by atoms with Crippen LogP contribution in [0.5, 0.6) is 0 Å². The summed E-state index contributed by atoms with van der Waals surface area (Å²) in [6, 6.07) is 0. The molecule has 4 N–H and O–H groups in total. The monoisotopic (exact) mass is 300 g/mol. The Morgan fingerprint density at radius 3 is 1.20 bits per heavy atom. The maximum atomic E-state index is 8.52. The minimum atomic E-state index is -5.17. The molecule has 10 heavy (non-hydrogen) atoms. The zero-order valence-electron chi connectivity index (χ0n) is 4.43. The van der Waals surface area contributed by atoms with E-state index in [9.17, 15) is 0 Å². The largest absolute Gasteiger partial charge is 0.369 e. The van der Waals surface area contributed by atoms with Gasteiger partial charge in [0.2, 0.25) is 0 Å². The first kappa shape index (κ1) is 22.5. The van der Waals surface area contributed by atoms with Gasteiger partial charge >= 0.3 is 33.0 Å². The molecule has 0 heterocycles. The predicted octanol–water partition coefficient (Wildman–Crippen LogP) is 0.412. The van der Waals surface area contributed by atoms with E-state index in [0.29, 0.717) is 12.7 Å². The van der Waals surface area contributed by atoms with Crippen LogP contribution in [0.4, 0.5) is 0 Å². The van der Waals surface area contributed by atoms with Crippen molar-refractivity contribution in [2.24, 2.45) is 0 Å². The van der Waals surface area contributed by atoms with E-state index in [2.05, 4.69) is 0 Å². The molecule has 0 saturated carbocycles. The fraction of sp³-hybridized carbons (Fsp3) is 0. The van der Waals surface area contributed by atoms with Gasteiger partial charge in [0.15, 0.2) is 0 Å². The van der Waals surface area contributed by atoms with Gasteiger partial charge in [0, 0.05) is 26.9 Å². The van der Waals surface area contributed by atoms with E-state index in [0.717, 1.165) is 0 Å². The second kappa shape index (κ2) is 13.0. The molecular weight excluding hydrogens is 298 g/mol.